The first kappa shape index (κ1) is 16.2. The first-order chi connectivity index (χ1) is 10.3. The van der Waals surface area contributed by atoms with Crippen molar-refractivity contribution in [2.24, 2.45) is 0 Å². The quantitative estimate of drug-likeness (QED) is 0.668. The molecule has 0 amide bonds. The molecule has 0 spiro atoms. The van der Waals surface area contributed by atoms with Gasteiger partial charge in [-0.15, -0.1) is 0 Å². The Hall–Kier alpha value is -2.14. The molecule has 0 radical (unpaired) electrons. The van der Waals surface area contributed by atoms with Crippen LogP contribution in [-0.2, 0) is 4.74 Å². The summed E-state index contributed by atoms with van der Waals surface area (Å²) in [5.41, 5.74) is 0.0958. The van der Waals surface area contributed by atoms with Crippen LogP contribution in [0.4, 0.5) is 0 Å². The molecule has 1 N–H and O–H groups in total. The number of aromatic carboxylic acids is 1. The fraction of sp³-hybridized carbons (Fsp3) is 0.294. The monoisotopic (exact) mass is 316 g/mol. The Morgan fingerprint density at radius 3 is 2.09 bits per heavy atom. The van der Waals surface area contributed by atoms with E-state index in [1.807, 2.05) is 24.3 Å². The Labute approximate surface area is 130 Å². The molecule has 0 heterocycles. The summed E-state index contributed by atoms with van der Waals surface area (Å²) in [6.45, 7) is 6.92. The number of fused-ring (bicyclic) bond motifs is 1. The van der Waals surface area contributed by atoms with Gasteiger partial charge in [0.05, 0.1) is 17.7 Å². The standard InChI is InChI=1S/C17H20O4Si/c1-22(2,3)9-8-21-17(20)15-11-13-7-5-4-6-12(13)10-14(15)16(18)19/h4-7,10-11H,8-9H2,1-3H3,(H,18,19). The lowest BCUT2D eigenvalue weighted by molar-refractivity contribution is 0.0514. The normalized spacial score (nSPS) is 11.4. The van der Waals surface area contributed by atoms with Crippen molar-refractivity contribution < 1.29 is 19.4 Å². The Morgan fingerprint density at radius 2 is 1.59 bits per heavy atom. The van der Waals surface area contributed by atoms with Crippen LogP contribution in [0.25, 0.3) is 10.8 Å². The van der Waals surface area contributed by atoms with Crippen LogP contribution in [0.15, 0.2) is 36.4 Å². The van der Waals surface area contributed by atoms with Gasteiger partial charge < -0.3 is 9.84 Å². The molecule has 0 aliphatic carbocycles. The molecule has 0 aliphatic rings. The number of ether oxygens (including phenoxy) is 1. The fourth-order valence-corrected chi connectivity index (χ4v) is 2.83. The number of hydrogen-bond donors (Lipinski definition) is 1. The predicted octanol–water partition coefficient (Wildman–Crippen LogP) is 4.03. The summed E-state index contributed by atoms with van der Waals surface area (Å²) in [6.07, 6.45) is 0. The Morgan fingerprint density at radius 1 is 1.05 bits per heavy atom. The molecule has 0 saturated heterocycles. The number of hydrogen-bond acceptors (Lipinski definition) is 3. The molecule has 2 aromatic rings. The second-order valence-electron chi connectivity index (χ2n) is 6.50. The lowest BCUT2D eigenvalue weighted by Gasteiger charge is -2.15. The van der Waals surface area contributed by atoms with Gasteiger partial charge in [-0.1, -0.05) is 43.9 Å². The minimum atomic E-state index is -1.30. The van der Waals surface area contributed by atoms with Crippen LogP contribution < -0.4 is 0 Å². The van der Waals surface area contributed by atoms with Gasteiger partial charge in [-0.2, -0.15) is 0 Å². The molecule has 5 heteroatoms. The highest BCUT2D eigenvalue weighted by Gasteiger charge is 2.20. The van der Waals surface area contributed by atoms with E-state index in [9.17, 15) is 14.7 Å². The van der Waals surface area contributed by atoms with Gasteiger partial charge in [-0.3, -0.25) is 0 Å². The van der Waals surface area contributed by atoms with Gasteiger partial charge >= 0.3 is 11.9 Å². The first-order valence-corrected chi connectivity index (χ1v) is 10.9. The van der Waals surface area contributed by atoms with Crippen molar-refractivity contribution in [3.05, 3.63) is 47.5 Å². The maximum atomic E-state index is 12.2. The van der Waals surface area contributed by atoms with E-state index in [1.54, 1.807) is 6.07 Å². The third-order valence-corrected chi connectivity index (χ3v) is 5.13. The summed E-state index contributed by atoms with van der Waals surface area (Å²) < 4.78 is 5.28. The van der Waals surface area contributed by atoms with Crippen molar-refractivity contribution in [2.45, 2.75) is 25.7 Å². The molecule has 0 saturated carbocycles. The van der Waals surface area contributed by atoms with Crippen LogP contribution in [0.1, 0.15) is 20.7 Å². The summed E-state index contributed by atoms with van der Waals surface area (Å²) in [4.78, 5) is 23.6. The van der Waals surface area contributed by atoms with E-state index < -0.39 is 20.0 Å². The summed E-state index contributed by atoms with van der Waals surface area (Å²) in [6, 6.07) is 11.3. The van der Waals surface area contributed by atoms with Crippen molar-refractivity contribution >= 4 is 30.8 Å². The second-order valence-corrected chi connectivity index (χ2v) is 12.1. The fourth-order valence-electron chi connectivity index (χ4n) is 2.11. The van der Waals surface area contributed by atoms with Crippen molar-refractivity contribution in [2.75, 3.05) is 6.61 Å². The molecule has 0 fully saturated rings. The van der Waals surface area contributed by atoms with Crippen molar-refractivity contribution in [1.82, 2.24) is 0 Å². The molecule has 0 atom stereocenters. The smallest absolute Gasteiger partial charge is 0.339 e. The van der Waals surface area contributed by atoms with Gasteiger partial charge in [-0.25, -0.2) is 9.59 Å². The number of carboxylic acids is 1. The first-order valence-electron chi connectivity index (χ1n) is 7.21. The van der Waals surface area contributed by atoms with Gasteiger partial charge in [0, 0.05) is 8.07 Å². The number of carboxylic acid groups (broad SMARTS) is 1. The molecule has 4 nitrogen and oxygen atoms in total. The third kappa shape index (κ3) is 3.95. The lowest BCUT2D eigenvalue weighted by atomic mass is 10.0. The molecule has 0 aromatic heterocycles. The number of esters is 1. The van der Waals surface area contributed by atoms with Crippen LogP contribution in [0.2, 0.25) is 25.7 Å². The molecule has 0 bridgehead atoms. The van der Waals surface area contributed by atoms with Crippen molar-refractivity contribution in [3.63, 3.8) is 0 Å². The van der Waals surface area contributed by atoms with Crippen molar-refractivity contribution in [3.8, 4) is 0 Å². The van der Waals surface area contributed by atoms with Gasteiger partial charge in [-0.05, 0) is 28.9 Å². The predicted molar refractivity (Wildman–Crippen MR) is 89.3 cm³/mol. The van der Waals surface area contributed by atoms with Crippen LogP contribution in [0, 0.1) is 0 Å². The molecule has 0 unspecified atom stereocenters. The van der Waals surface area contributed by atoms with Crippen LogP contribution in [0.3, 0.4) is 0 Å². The molecule has 116 valence electrons. The van der Waals surface area contributed by atoms with Crippen LogP contribution >= 0.6 is 0 Å². The minimum absolute atomic E-state index is 0.0169. The van der Waals surface area contributed by atoms with E-state index in [0.717, 1.165) is 16.8 Å². The van der Waals surface area contributed by atoms with E-state index in [4.69, 9.17) is 4.74 Å². The SMILES string of the molecule is C[Si](C)(C)CCOC(=O)c1cc2ccccc2cc1C(=O)O. The second kappa shape index (κ2) is 6.32. The number of benzene rings is 2. The highest BCUT2D eigenvalue weighted by molar-refractivity contribution is 6.76. The molecule has 2 aromatic carbocycles. The number of rotatable bonds is 5. The van der Waals surface area contributed by atoms with E-state index in [-0.39, 0.29) is 11.1 Å². The third-order valence-electron chi connectivity index (χ3n) is 3.42. The summed E-state index contributed by atoms with van der Waals surface area (Å²) >= 11 is 0. The topological polar surface area (TPSA) is 63.6 Å². The highest BCUT2D eigenvalue weighted by atomic mass is 28.3. The average molecular weight is 316 g/mol. The average Bonchev–Trinajstić information content (AvgIpc) is 2.44. The van der Waals surface area contributed by atoms with E-state index in [0.29, 0.717) is 6.61 Å². The largest absolute Gasteiger partial charge is 0.478 e. The maximum Gasteiger partial charge on any atom is 0.339 e. The zero-order chi connectivity index (χ0) is 16.3. The molecule has 22 heavy (non-hydrogen) atoms. The Kier molecular flexibility index (Phi) is 4.66. The molecular weight excluding hydrogens is 296 g/mol. The summed E-state index contributed by atoms with van der Waals surface area (Å²) in [7, 11) is -1.30. The van der Waals surface area contributed by atoms with Gasteiger partial charge in [0.15, 0.2) is 0 Å². The lowest BCUT2D eigenvalue weighted by Crippen LogP contribution is -2.23. The highest BCUT2D eigenvalue weighted by Crippen LogP contribution is 2.21. The zero-order valence-electron chi connectivity index (χ0n) is 13.1. The molecule has 0 aliphatic heterocycles. The Bertz CT molecular complexity index is 716. The number of carbonyl (C=O) groups excluding carboxylic acids is 1. The maximum absolute atomic E-state index is 12.2. The zero-order valence-corrected chi connectivity index (χ0v) is 14.1. The van der Waals surface area contributed by atoms with E-state index in [2.05, 4.69) is 19.6 Å². The van der Waals surface area contributed by atoms with E-state index >= 15 is 0 Å². The number of carbonyl (C=O) groups is 2. The summed E-state index contributed by atoms with van der Waals surface area (Å²) in [5.74, 6) is -1.69. The van der Waals surface area contributed by atoms with Gasteiger partial charge in [0.25, 0.3) is 0 Å². The molecule has 2 rings (SSSR count). The van der Waals surface area contributed by atoms with Crippen LogP contribution in [-0.4, -0.2) is 31.7 Å². The van der Waals surface area contributed by atoms with Gasteiger partial charge in [0.1, 0.15) is 0 Å². The molecular formula is C17H20O4Si. The minimum Gasteiger partial charge on any atom is -0.478 e. The Balaban J connectivity index is 2.30. The van der Waals surface area contributed by atoms with E-state index in [1.165, 1.54) is 6.07 Å². The van der Waals surface area contributed by atoms with Gasteiger partial charge in [0.2, 0.25) is 0 Å². The summed E-state index contributed by atoms with van der Waals surface area (Å²) in [5, 5.41) is 10.9. The van der Waals surface area contributed by atoms with Crippen molar-refractivity contribution in [1.29, 1.82) is 0 Å². The van der Waals surface area contributed by atoms with Crippen LogP contribution in [0.5, 0.6) is 0 Å².